The van der Waals surface area contributed by atoms with Gasteiger partial charge in [-0.05, 0) is 24.3 Å². The Balaban J connectivity index is 1.73. The molecule has 4 rings (SSSR count). The monoisotopic (exact) mass is 385 g/mol. The van der Waals surface area contributed by atoms with Gasteiger partial charge in [0.25, 0.3) is 0 Å². The molecule has 0 atom stereocenters. The van der Waals surface area contributed by atoms with Crippen LogP contribution < -0.4 is 0 Å². The average molecular weight is 385 g/mol. The van der Waals surface area contributed by atoms with E-state index in [1.54, 1.807) is 10.8 Å². The third-order valence-electron chi connectivity index (χ3n) is 4.29. The van der Waals surface area contributed by atoms with Crippen LogP contribution in [-0.2, 0) is 12.8 Å². The zero-order chi connectivity index (χ0) is 19.7. The maximum Gasteiger partial charge on any atom is 0.416 e. The van der Waals surface area contributed by atoms with Crippen LogP contribution in [0.1, 0.15) is 11.3 Å². The van der Waals surface area contributed by atoms with E-state index in [1.807, 2.05) is 30.3 Å². The number of benzene rings is 2. The molecule has 0 radical (unpaired) electrons. The van der Waals surface area contributed by atoms with Gasteiger partial charge in [0.15, 0.2) is 5.76 Å². The van der Waals surface area contributed by atoms with Crippen LogP contribution in [0, 0.1) is 0 Å². The highest BCUT2D eigenvalue weighted by Crippen LogP contribution is 2.34. The minimum absolute atomic E-state index is 0.261. The number of nitrogens with zero attached hydrogens (tertiary/aromatic N) is 3. The zero-order valence-electron chi connectivity index (χ0n) is 14.4. The second-order valence-corrected chi connectivity index (χ2v) is 6.06. The number of aliphatic hydroxyl groups is 1. The van der Waals surface area contributed by atoms with Crippen molar-refractivity contribution in [3.8, 4) is 28.2 Å². The first-order valence-corrected chi connectivity index (χ1v) is 8.34. The summed E-state index contributed by atoms with van der Waals surface area (Å²) in [5.41, 5.74) is 2.16. The third kappa shape index (κ3) is 3.29. The average Bonchev–Trinajstić information content (AvgIpc) is 3.35. The van der Waals surface area contributed by atoms with E-state index in [0.29, 0.717) is 22.6 Å². The summed E-state index contributed by atoms with van der Waals surface area (Å²) in [5.74, 6) is 0.261. The van der Waals surface area contributed by atoms with Crippen molar-refractivity contribution in [3.63, 3.8) is 0 Å². The minimum atomic E-state index is -4.39. The van der Waals surface area contributed by atoms with Gasteiger partial charge < -0.3 is 14.2 Å². The first-order chi connectivity index (χ1) is 13.5. The lowest BCUT2D eigenvalue weighted by atomic mass is 10.0. The lowest BCUT2D eigenvalue weighted by Gasteiger charge is -2.07. The molecule has 8 heteroatoms. The number of aromatic nitrogens is 3. The van der Waals surface area contributed by atoms with Crippen molar-refractivity contribution in [1.29, 1.82) is 0 Å². The fourth-order valence-corrected chi connectivity index (χ4v) is 2.90. The second kappa shape index (κ2) is 6.97. The molecule has 2 aromatic heterocycles. The third-order valence-corrected chi connectivity index (χ3v) is 4.29. The minimum Gasteiger partial charge on any atom is -0.388 e. The standard InChI is InChI=1S/C20H14F3N3O2/c21-20(22,23)14-6-8-15(9-7-14)26-10-16(24-12-26)18-17(11-27)28-25-19(18)13-4-2-1-3-5-13/h1-10,12,27H,11H2. The molecule has 0 aliphatic rings. The van der Waals surface area contributed by atoms with Crippen LogP contribution in [-0.4, -0.2) is 19.8 Å². The quantitative estimate of drug-likeness (QED) is 0.553. The second-order valence-electron chi connectivity index (χ2n) is 6.06. The molecule has 2 heterocycles. The smallest absolute Gasteiger partial charge is 0.388 e. The maximum atomic E-state index is 12.7. The summed E-state index contributed by atoms with van der Waals surface area (Å²) in [7, 11) is 0. The van der Waals surface area contributed by atoms with Gasteiger partial charge in [0.1, 0.15) is 12.3 Å². The van der Waals surface area contributed by atoms with Gasteiger partial charge in [-0.1, -0.05) is 35.5 Å². The van der Waals surface area contributed by atoms with Gasteiger partial charge in [-0.25, -0.2) is 4.98 Å². The number of aliphatic hydroxyl groups excluding tert-OH is 1. The molecule has 4 aromatic rings. The van der Waals surface area contributed by atoms with E-state index in [4.69, 9.17) is 4.52 Å². The van der Waals surface area contributed by atoms with E-state index < -0.39 is 11.7 Å². The summed E-state index contributed by atoms with van der Waals surface area (Å²) < 4.78 is 45.1. The van der Waals surface area contributed by atoms with E-state index in [1.165, 1.54) is 18.5 Å². The van der Waals surface area contributed by atoms with Gasteiger partial charge in [-0.2, -0.15) is 13.2 Å². The molecule has 0 aliphatic carbocycles. The van der Waals surface area contributed by atoms with E-state index in [-0.39, 0.29) is 12.4 Å². The van der Waals surface area contributed by atoms with Gasteiger partial charge in [0, 0.05) is 17.4 Å². The van der Waals surface area contributed by atoms with Gasteiger partial charge in [-0.15, -0.1) is 0 Å². The molecule has 5 nitrogen and oxygen atoms in total. The molecule has 0 spiro atoms. The summed E-state index contributed by atoms with van der Waals surface area (Å²) >= 11 is 0. The van der Waals surface area contributed by atoms with Crippen molar-refractivity contribution in [2.75, 3.05) is 0 Å². The van der Waals surface area contributed by atoms with Crippen LogP contribution in [0.5, 0.6) is 0 Å². The number of hydrogen-bond acceptors (Lipinski definition) is 4. The Morgan fingerprint density at radius 2 is 1.71 bits per heavy atom. The van der Waals surface area contributed by atoms with Crippen molar-refractivity contribution in [1.82, 2.24) is 14.7 Å². The van der Waals surface area contributed by atoms with E-state index in [9.17, 15) is 18.3 Å². The molecule has 0 saturated carbocycles. The first-order valence-electron chi connectivity index (χ1n) is 8.34. The van der Waals surface area contributed by atoms with Crippen LogP contribution in [0.25, 0.3) is 28.2 Å². The molecule has 0 unspecified atom stereocenters. The van der Waals surface area contributed by atoms with Crippen molar-refractivity contribution >= 4 is 0 Å². The fraction of sp³-hybridized carbons (Fsp3) is 0.100. The predicted molar refractivity (Wildman–Crippen MR) is 95.4 cm³/mol. The molecule has 142 valence electrons. The van der Waals surface area contributed by atoms with Crippen LogP contribution >= 0.6 is 0 Å². The van der Waals surface area contributed by atoms with E-state index >= 15 is 0 Å². The lowest BCUT2D eigenvalue weighted by molar-refractivity contribution is -0.137. The van der Waals surface area contributed by atoms with Crippen LogP contribution in [0.2, 0.25) is 0 Å². The molecule has 0 bridgehead atoms. The van der Waals surface area contributed by atoms with Crippen LogP contribution in [0.15, 0.2) is 71.6 Å². The summed E-state index contributed by atoms with van der Waals surface area (Å²) in [6, 6.07) is 14.1. The number of rotatable bonds is 4. The Hall–Kier alpha value is -3.39. The molecule has 0 saturated heterocycles. The van der Waals surface area contributed by atoms with Gasteiger partial charge in [0.2, 0.25) is 0 Å². The highest BCUT2D eigenvalue weighted by Gasteiger charge is 2.30. The number of hydrogen-bond donors (Lipinski definition) is 1. The topological polar surface area (TPSA) is 64.1 Å². The highest BCUT2D eigenvalue weighted by molar-refractivity contribution is 5.80. The van der Waals surface area contributed by atoms with Crippen LogP contribution in [0.3, 0.4) is 0 Å². The summed E-state index contributed by atoms with van der Waals surface area (Å²) in [6.45, 7) is -0.359. The summed E-state index contributed by atoms with van der Waals surface area (Å²) in [6.07, 6.45) is -1.25. The molecule has 0 aliphatic heterocycles. The normalized spacial score (nSPS) is 11.7. The van der Waals surface area contributed by atoms with Crippen molar-refractivity contribution in [2.24, 2.45) is 0 Å². The Morgan fingerprint density at radius 3 is 2.36 bits per heavy atom. The molecular weight excluding hydrogens is 371 g/mol. The van der Waals surface area contributed by atoms with Crippen molar-refractivity contribution < 1.29 is 22.8 Å². The maximum absolute atomic E-state index is 12.7. The van der Waals surface area contributed by atoms with Gasteiger partial charge in [0.05, 0.1) is 23.1 Å². The number of halogens is 3. The highest BCUT2D eigenvalue weighted by atomic mass is 19.4. The molecular formula is C20H14F3N3O2. The predicted octanol–water partition coefficient (Wildman–Crippen LogP) is 4.71. The number of alkyl halides is 3. The zero-order valence-corrected chi connectivity index (χ0v) is 14.4. The van der Waals surface area contributed by atoms with Crippen LogP contribution in [0.4, 0.5) is 13.2 Å². The van der Waals surface area contributed by atoms with E-state index in [2.05, 4.69) is 10.1 Å². The Morgan fingerprint density at radius 1 is 1.00 bits per heavy atom. The van der Waals surface area contributed by atoms with E-state index in [0.717, 1.165) is 17.7 Å². The molecule has 28 heavy (non-hydrogen) atoms. The summed E-state index contributed by atoms with van der Waals surface area (Å²) in [5, 5.41) is 13.6. The van der Waals surface area contributed by atoms with Crippen molar-refractivity contribution in [3.05, 3.63) is 78.4 Å². The summed E-state index contributed by atoms with van der Waals surface area (Å²) in [4.78, 5) is 4.33. The Labute approximate surface area is 157 Å². The molecule has 0 fully saturated rings. The van der Waals surface area contributed by atoms with Gasteiger partial charge in [-0.3, -0.25) is 0 Å². The SMILES string of the molecule is OCc1onc(-c2ccccc2)c1-c1cn(-c2ccc(C(F)(F)F)cc2)cn1. The fourth-order valence-electron chi connectivity index (χ4n) is 2.90. The Kier molecular flexibility index (Phi) is 4.48. The Bertz CT molecular complexity index is 1080. The lowest BCUT2D eigenvalue weighted by Crippen LogP contribution is -2.04. The first kappa shape index (κ1) is 18.0. The molecule has 0 amide bonds. The largest absolute Gasteiger partial charge is 0.416 e. The van der Waals surface area contributed by atoms with Crippen molar-refractivity contribution in [2.45, 2.75) is 12.8 Å². The molecule has 1 N–H and O–H groups in total. The van der Waals surface area contributed by atoms with Gasteiger partial charge >= 0.3 is 6.18 Å². The molecule has 2 aromatic carbocycles. The number of imidazole rings is 1.